The second-order valence-electron chi connectivity index (χ2n) is 1.57. The van der Waals surface area contributed by atoms with E-state index in [2.05, 4.69) is 0 Å². The monoisotopic (exact) mass is 102 g/mol. The van der Waals surface area contributed by atoms with Crippen molar-refractivity contribution in [1.82, 2.24) is 5.06 Å². The Kier molecular flexibility index (Phi) is 1.62. The van der Waals surface area contributed by atoms with Crippen LogP contribution in [0.5, 0.6) is 0 Å². The highest BCUT2D eigenvalue weighted by Gasteiger charge is 2.08. The van der Waals surface area contributed by atoms with Crippen molar-refractivity contribution in [2.24, 2.45) is 5.73 Å². The summed E-state index contributed by atoms with van der Waals surface area (Å²) in [5.41, 5.74) is 5.23. The first-order valence-corrected chi connectivity index (χ1v) is 2.51. The van der Waals surface area contributed by atoms with Gasteiger partial charge in [0, 0.05) is 6.54 Å². The Morgan fingerprint density at radius 1 is 1.71 bits per heavy atom. The Balaban J connectivity index is 2.14. The van der Waals surface area contributed by atoms with Gasteiger partial charge in [-0.05, 0) is 6.42 Å². The minimum atomic E-state index is 0.528. The lowest BCUT2D eigenvalue weighted by Crippen LogP contribution is -2.25. The van der Waals surface area contributed by atoms with Gasteiger partial charge in [0.05, 0.1) is 13.3 Å². The highest BCUT2D eigenvalue weighted by molar-refractivity contribution is 4.48. The van der Waals surface area contributed by atoms with Gasteiger partial charge in [0.1, 0.15) is 0 Å². The summed E-state index contributed by atoms with van der Waals surface area (Å²) in [5, 5.41) is 1.76. The molecule has 0 spiro atoms. The van der Waals surface area contributed by atoms with Crippen molar-refractivity contribution in [3.05, 3.63) is 0 Å². The molecular weight excluding hydrogens is 92.1 g/mol. The molecule has 0 aromatic rings. The molecule has 7 heavy (non-hydrogen) atoms. The third-order valence-electron chi connectivity index (χ3n) is 1.03. The molecule has 0 aromatic heterocycles. The summed E-state index contributed by atoms with van der Waals surface area (Å²) in [4.78, 5) is 5.01. The third-order valence-corrected chi connectivity index (χ3v) is 1.03. The van der Waals surface area contributed by atoms with Gasteiger partial charge >= 0.3 is 0 Å². The quantitative estimate of drug-likeness (QED) is 0.487. The summed E-state index contributed by atoms with van der Waals surface area (Å²) in [7, 11) is 0. The van der Waals surface area contributed by atoms with E-state index < -0.39 is 0 Å². The lowest BCUT2D eigenvalue weighted by atomic mass is 10.5. The maximum Gasteiger partial charge on any atom is 0.0706 e. The SMILES string of the molecule is NCN1CCCO1. The molecule has 0 amide bonds. The molecule has 1 heterocycles. The fraction of sp³-hybridized carbons (Fsp3) is 1.00. The second-order valence-corrected chi connectivity index (χ2v) is 1.57. The first kappa shape index (κ1) is 5.03. The van der Waals surface area contributed by atoms with Gasteiger partial charge in [-0.2, -0.15) is 5.06 Å². The standard InChI is InChI=1S/C4H10N2O/c5-4-6-2-1-3-7-6/h1-5H2. The molecule has 1 rings (SSSR count). The van der Waals surface area contributed by atoms with Gasteiger partial charge < -0.3 is 5.73 Å². The predicted molar refractivity (Wildman–Crippen MR) is 26.3 cm³/mol. The average Bonchev–Trinajstić information content (AvgIpc) is 2.14. The summed E-state index contributed by atoms with van der Waals surface area (Å²) in [5.74, 6) is 0. The highest BCUT2D eigenvalue weighted by Crippen LogP contribution is 1.99. The molecule has 2 N–H and O–H groups in total. The number of hydrogen-bond acceptors (Lipinski definition) is 3. The molecule has 0 atom stereocenters. The molecule has 3 nitrogen and oxygen atoms in total. The predicted octanol–water partition coefficient (Wildman–Crippen LogP) is -0.460. The van der Waals surface area contributed by atoms with Crippen LogP contribution in [-0.4, -0.2) is 24.9 Å². The topological polar surface area (TPSA) is 38.5 Å². The van der Waals surface area contributed by atoms with Crippen molar-refractivity contribution < 1.29 is 4.84 Å². The van der Waals surface area contributed by atoms with Crippen molar-refractivity contribution in [1.29, 1.82) is 0 Å². The molecule has 0 bridgehead atoms. The molecule has 0 aromatic carbocycles. The molecular formula is C4H10N2O. The summed E-state index contributed by atoms with van der Waals surface area (Å²) < 4.78 is 0. The molecule has 0 saturated carbocycles. The number of rotatable bonds is 1. The van der Waals surface area contributed by atoms with Crippen LogP contribution < -0.4 is 5.73 Å². The maximum absolute atomic E-state index is 5.23. The third kappa shape index (κ3) is 1.12. The summed E-state index contributed by atoms with van der Waals surface area (Å²) in [6, 6.07) is 0. The number of hydrogen-bond donors (Lipinski definition) is 1. The van der Waals surface area contributed by atoms with E-state index in [-0.39, 0.29) is 0 Å². The minimum Gasteiger partial charge on any atom is -0.316 e. The van der Waals surface area contributed by atoms with Gasteiger partial charge in [0.2, 0.25) is 0 Å². The van der Waals surface area contributed by atoms with Crippen LogP contribution in [0.3, 0.4) is 0 Å². The van der Waals surface area contributed by atoms with Crippen LogP contribution in [0.4, 0.5) is 0 Å². The lowest BCUT2D eigenvalue weighted by molar-refractivity contribution is -0.107. The van der Waals surface area contributed by atoms with Crippen LogP contribution in [0.15, 0.2) is 0 Å². The first-order valence-electron chi connectivity index (χ1n) is 2.51. The zero-order chi connectivity index (χ0) is 5.11. The van der Waals surface area contributed by atoms with Gasteiger partial charge in [-0.25, -0.2) is 0 Å². The van der Waals surface area contributed by atoms with Crippen LogP contribution >= 0.6 is 0 Å². The van der Waals surface area contributed by atoms with E-state index in [1.54, 1.807) is 5.06 Å². The van der Waals surface area contributed by atoms with Crippen molar-refractivity contribution in [2.45, 2.75) is 6.42 Å². The normalized spacial score (nSPS) is 23.6. The summed E-state index contributed by atoms with van der Waals surface area (Å²) in [6.07, 6.45) is 1.12. The van der Waals surface area contributed by atoms with Crippen LogP contribution in [-0.2, 0) is 4.84 Å². The molecule has 1 aliphatic rings. The molecule has 0 unspecified atom stereocenters. The van der Waals surface area contributed by atoms with E-state index in [1.165, 1.54) is 0 Å². The van der Waals surface area contributed by atoms with Gasteiger partial charge in [-0.15, -0.1) is 0 Å². The maximum atomic E-state index is 5.23. The van der Waals surface area contributed by atoms with Crippen LogP contribution in [0.25, 0.3) is 0 Å². The molecule has 0 radical (unpaired) electrons. The fourth-order valence-corrected chi connectivity index (χ4v) is 0.643. The zero-order valence-corrected chi connectivity index (χ0v) is 4.26. The molecule has 1 saturated heterocycles. The van der Waals surface area contributed by atoms with E-state index in [4.69, 9.17) is 10.6 Å². The largest absolute Gasteiger partial charge is 0.316 e. The van der Waals surface area contributed by atoms with Gasteiger partial charge in [0.15, 0.2) is 0 Å². The van der Waals surface area contributed by atoms with Crippen LogP contribution in [0, 0.1) is 0 Å². The molecule has 1 aliphatic heterocycles. The molecule has 1 fully saturated rings. The van der Waals surface area contributed by atoms with E-state index in [0.29, 0.717) is 6.67 Å². The van der Waals surface area contributed by atoms with Gasteiger partial charge in [0.25, 0.3) is 0 Å². The number of nitrogens with zero attached hydrogens (tertiary/aromatic N) is 1. The minimum absolute atomic E-state index is 0.528. The van der Waals surface area contributed by atoms with Crippen molar-refractivity contribution in [3.8, 4) is 0 Å². The zero-order valence-electron chi connectivity index (χ0n) is 4.26. The Morgan fingerprint density at radius 2 is 2.57 bits per heavy atom. The molecule has 0 aliphatic carbocycles. The summed E-state index contributed by atoms with van der Waals surface area (Å²) >= 11 is 0. The van der Waals surface area contributed by atoms with E-state index in [0.717, 1.165) is 19.6 Å². The van der Waals surface area contributed by atoms with Gasteiger partial charge in [-0.1, -0.05) is 0 Å². The first-order chi connectivity index (χ1) is 3.43. The lowest BCUT2D eigenvalue weighted by Gasteiger charge is -2.07. The average molecular weight is 102 g/mol. The second kappa shape index (κ2) is 2.26. The van der Waals surface area contributed by atoms with Crippen LogP contribution in [0.1, 0.15) is 6.42 Å². The Morgan fingerprint density at radius 3 is 2.86 bits per heavy atom. The van der Waals surface area contributed by atoms with E-state index in [9.17, 15) is 0 Å². The number of hydroxylamine groups is 2. The Labute approximate surface area is 43.0 Å². The van der Waals surface area contributed by atoms with Crippen molar-refractivity contribution >= 4 is 0 Å². The number of nitrogens with two attached hydrogens (primary N) is 1. The smallest absolute Gasteiger partial charge is 0.0706 e. The molecule has 3 heteroatoms. The van der Waals surface area contributed by atoms with Crippen molar-refractivity contribution in [2.75, 3.05) is 19.8 Å². The Hall–Kier alpha value is -0.120. The van der Waals surface area contributed by atoms with E-state index >= 15 is 0 Å². The highest BCUT2D eigenvalue weighted by atomic mass is 16.7. The van der Waals surface area contributed by atoms with Crippen molar-refractivity contribution in [3.63, 3.8) is 0 Å². The molecule has 42 valence electrons. The fourth-order valence-electron chi connectivity index (χ4n) is 0.643. The van der Waals surface area contributed by atoms with Crippen LogP contribution in [0.2, 0.25) is 0 Å². The Bertz CT molecular complexity index is 51.7. The van der Waals surface area contributed by atoms with Gasteiger partial charge in [-0.3, -0.25) is 4.84 Å². The van der Waals surface area contributed by atoms with E-state index in [1.807, 2.05) is 0 Å². The summed E-state index contributed by atoms with van der Waals surface area (Å²) in [6.45, 7) is 2.37.